The van der Waals surface area contributed by atoms with E-state index in [2.05, 4.69) is 38.3 Å². The van der Waals surface area contributed by atoms with Crippen LogP contribution < -0.4 is 10.2 Å². The standard InChI is InChI=1S/C16H19BrN2O/c17-12-9-11-1-6-18-15(20)14(11)13(10-12)19-7-4-16(2-3-16)5-8-19/h9-10H,1-8H2,(H,18,20). The molecule has 0 radical (unpaired) electrons. The summed E-state index contributed by atoms with van der Waals surface area (Å²) in [5.74, 6) is 0.0976. The van der Waals surface area contributed by atoms with Gasteiger partial charge in [-0.1, -0.05) is 15.9 Å². The third kappa shape index (κ3) is 2.05. The number of halogens is 1. The van der Waals surface area contributed by atoms with Crippen LogP contribution in [-0.2, 0) is 6.42 Å². The zero-order valence-electron chi connectivity index (χ0n) is 11.5. The van der Waals surface area contributed by atoms with Crippen LogP contribution in [0.15, 0.2) is 16.6 Å². The molecule has 106 valence electrons. The van der Waals surface area contributed by atoms with Crippen LogP contribution in [-0.4, -0.2) is 25.5 Å². The van der Waals surface area contributed by atoms with Gasteiger partial charge in [0.25, 0.3) is 5.91 Å². The summed E-state index contributed by atoms with van der Waals surface area (Å²) in [6.45, 7) is 2.94. The Bertz CT molecular complexity index is 570. The fourth-order valence-electron chi connectivity index (χ4n) is 3.65. The zero-order chi connectivity index (χ0) is 13.7. The van der Waals surface area contributed by atoms with Crippen molar-refractivity contribution in [2.24, 2.45) is 5.41 Å². The molecule has 3 nitrogen and oxygen atoms in total. The number of amides is 1. The summed E-state index contributed by atoms with van der Waals surface area (Å²) < 4.78 is 1.09. The lowest BCUT2D eigenvalue weighted by molar-refractivity contribution is 0.0946. The molecule has 3 aliphatic rings. The quantitative estimate of drug-likeness (QED) is 0.855. The third-order valence-electron chi connectivity index (χ3n) is 5.19. The molecule has 1 aromatic rings. The predicted octanol–water partition coefficient (Wildman–Crippen LogP) is 3.12. The lowest BCUT2D eigenvalue weighted by atomic mass is 9.91. The van der Waals surface area contributed by atoms with E-state index in [9.17, 15) is 4.79 Å². The second-order valence-electron chi connectivity index (χ2n) is 6.45. The minimum Gasteiger partial charge on any atom is -0.371 e. The van der Waals surface area contributed by atoms with Gasteiger partial charge in [0.15, 0.2) is 0 Å². The summed E-state index contributed by atoms with van der Waals surface area (Å²) >= 11 is 3.60. The number of rotatable bonds is 1. The van der Waals surface area contributed by atoms with Crippen LogP contribution in [0, 0.1) is 5.41 Å². The van der Waals surface area contributed by atoms with Crippen molar-refractivity contribution in [3.63, 3.8) is 0 Å². The summed E-state index contributed by atoms with van der Waals surface area (Å²) in [7, 11) is 0. The largest absolute Gasteiger partial charge is 0.371 e. The number of nitrogens with zero attached hydrogens (tertiary/aromatic N) is 1. The fourth-order valence-corrected chi connectivity index (χ4v) is 4.15. The summed E-state index contributed by atoms with van der Waals surface area (Å²) in [6, 6.07) is 4.22. The average molecular weight is 335 g/mol. The Balaban J connectivity index is 1.70. The first kappa shape index (κ1) is 12.7. The molecule has 4 heteroatoms. The number of carbonyl (C=O) groups is 1. The molecule has 1 N–H and O–H groups in total. The van der Waals surface area contributed by atoms with Gasteiger partial charge in [0.2, 0.25) is 0 Å². The number of fused-ring (bicyclic) bond motifs is 1. The molecule has 2 fully saturated rings. The first-order valence-corrected chi connectivity index (χ1v) is 8.32. The van der Waals surface area contributed by atoms with Crippen LogP contribution in [0.25, 0.3) is 0 Å². The van der Waals surface area contributed by atoms with Gasteiger partial charge in [-0.25, -0.2) is 0 Å². The SMILES string of the molecule is O=C1NCCc2cc(Br)cc(N3CCC4(CC3)CC4)c21. The summed E-state index contributed by atoms with van der Waals surface area (Å²) in [6.07, 6.45) is 6.34. The van der Waals surface area contributed by atoms with Crippen LogP contribution in [0.5, 0.6) is 0 Å². The van der Waals surface area contributed by atoms with E-state index in [1.165, 1.54) is 31.2 Å². The summed E-state index contributed by atoms with van der Waals surface area (Å²) in [4.78, 5) is 14.7. The molecule has 1 amide bonds. The highest BCUT2D eigenvalue weighted by atomic mass is 79.9. The molecule has 1 saturated carbocycles. The van der Waals surface area contributed by atoms with Crippen molar-refractivity contribution in [3.8, 4) is 0 Å². The highest BCUT2D eigenvalue weighted by molar-refractivity contribution is 9.10. The smallest absolute Gasteiger partial charge is 0.253 e. The van der Waals surface area contributed by atoms with E-state index < -0.39 is 0 Å². The van der Waals surface area contributed by atoms with Gasteiger partial charge in [-0.2, -0.15) is 0 Å². The average Bonchev–Trinajstić information content (AvgIpc) is 3.18. The van der Waals surface area contributed by atoms with Gasteiger partial charge in [-0.05, 0) is 55.2 Å². The maximum atomic E-state index is 12.2. The Hall–Kier alpha value is -1.03. The number of anilines is 1. The lowest BCUT2D eigenvalue weighted by Crippen LogP contribution is -2.38. The molecule has 1 aromatic carbocycles. The second kappa shape index (κ2) is 4.48. The van der Waals surface area contributed by atoms with Crippen LogP contribution in [0.4, 0.5) is 5.69 Å². The van der Waals surface area contributed by atoms with Gasteiger partial charge >= 0.3 is 0 Å². The Kier molecular flexibility index (Phi) is 2.85. The Morgan fingerprint density at radius 3 is 2.60 bits per heavy atom. The van der Waals surface area contributed by atoms with Crippen molar-refractivity contribution >= 4 is 27.5 Å². The topological polar surface area (TPSA) is 32.3 Å². The number of hydrogen-bond acceptors (Lipinski definition) is 2. The minimum atomic E-state index is 0.0976. The van der Waals surface area contributed by atoms with E-state index >= 15 is 0 Å². The molecule has 0 bridgehead atoms. The van der Waals surface area contributed by atoms with Gasteiger partial charge in [-0.3, -0.25) is 4.79 Å². The predicted molar refractivity (Wildman–Crippen MR) is 83.3 cm³/mol. The van der Waals surface area contributed by atoms with Crippen molar-refractivity contribution in [1.29, 1.82) is 0 Å². The van der Waals surface area contributed by atoms with Gasteiger partial charge < -0.3 is 10.2 Å². The second-order valence-corrected chi connectivity index (χ2v) is 7.37. The Labute approximate surface area is 127 Å². The monoisotopic (exact) mass is 334 g/mol. The van der Waals surface area contributed by atoms with E-state index in [1.807, 2.05) is 0 Å². The van der Waals surface area contributed by atoms with Crippen LogP contribution >= 0.6 is 15.9 Å². The molecule has 0 atom stereocenters. The maximum Gasteiger partial charge on any atom is 0.253 e. The lowest BCUT2D eigenvalue weighted by Gasteiger charge is -2.36. The molecule has 1 spiro atoms. The van der Waals surface area contributed by atoms with Crippen molar-refractivity contribution in [3.05, 3.63) is 27.7 Å². The fraction of sp³-hybridized carbons (Fsp3) is 0.562. The first-order chi connectivity index (χ1) is 9.67. The number of hydrogen-bond donors (Lipinski definition) is 1. The van der Waals surface area contributed by atoms with Crippen LogP contribution in [0.3, 0.4) is 0 Å². The summed E-state index contributed by atoms with van der Waals surface area (Å²) in [5.41, 5.74) is 3.89. The van der Waals surface area contributed by atoms with Gasteiger partial charge in [0, 0.05) is 24.1 Å². The highest BCUT2D eigenvalue weighted by Gasteiger charge is 2.44. The molecule has 0 aromatic heterocycles. The number of benzene rings is 1. The zero-order valence-corrected chi connectivity index (χ0v) is 13.1. The Morgan fingerprint density at radius 1 is 1.15 bits per heavy atom. The van der Waals surface area contributed by atoms with Crippen molar-refractivity contribution in [1.82, 2.24) is 5.32 Å². The molecule has 2 aliphatic heterocycles. The van der Waals surface area contributed by atoms with Crippen molar-refractivity contribution in [2.45, 2.75) is 32.1 Å². The third-order valence-corrected chi connectivity index (χ3v) is 5.65. The Morgan fingerprint density at radius 2 is 1.90 bits per heavy atom. The molecular weight excluding hydrogens is 316 g/mol. The number of nitrogens with one attached hydrogen (secondary N) is 1. The van der Waals surface area contributed by atoms with Crippen LogP contribution in [0.2, 0.25) is 0 Å². The van der Waals surface area contributed by atoms with Crippen molar-refractivity contribution in [2.75, 3.05) is 24.5 Å². The normalized spacial score (nSPS) is 23.4. The molecule has 4 rings (SSSR count). The number of carbonyl (C=O) groups excluding carboxylic acids is 1. The van der Waals surface area contributed by atoms with E-state index in [4.69, 9.17) is 0 Å². The van der Waals surface area contributed by atoms with Gasteiger partial charge in [0.05, 0.1) is 11.3 Å². The molecule has 1 saturated heterocycles. The van der Waals surface area contributed by atoms with Gasteiger partial charge in [0.1, 0.15) is 0 Å². The molecule has 2 heterocycles. The first-order valence-electron chi connectivity index (χ1n) is 7.53. The maximum absolute atomic E-state index is 12.2. The molecule has 20 heavy (non-hydrogen) atoms. The van der Waals surface area contributed by atoms with E-state index in [0.717, 1.165) is 41.8 Å². The number of piperidine rings is 1. The van der Waals surface area contributed by atoms with Crippen molar-refractivity contribution < 1.29 is 4.79 Å². The van der Waals surface area contributed by atoms with Crippen LogP contribution in [0.1, 0.15) is 41.6 Å². The molecule has 0 unspecified atom stereocenters. The molecular formula is C16H19BrN2O. The molecule has 1 aliphatic carbocycles. The van der Waals surface area contributed by atoms with E-state index in [1.54, 1.807) is 0 Å². The summed E-state index contributed by atoms with van der Waals surface area (Å²) in [5, 5.41) is 2.98. The highest BCUT2D eigenvalue weighted by Crippen LogP contribution is 2.54. The minimum absolute atomic E-state index is 0.0976. The van der Waals surface area contributed by atoms with Gasteiger partial charge in [-0.15, -0.1) is 0 Å². The van der Waals surface area contributed by atoms with E-state index in [-0.39, 0.29) is 5.91 Å². The van der Waals surface area contributed by atoms with E-state index in [0.29, 0.717) is 5.41 Å².